The Bertz CT molecular complexity index is 600. The van der Waals surface area contributed by atoms with Gasteiger partial charge in [-0.15, -0.1) is 0 Å². The van der Waals surface area contributed by atoms with E-state index in [1.807, 2.05) is 24.3 Å². The molecule has 0 atom stereocenters. The van der Waals surface area contributed by atoms with Gasteiger partial charge in [0.05, 0.1) is 12.3 Å². The molecule has 0 saturated heterocycles. The number of aromatic nitrogens is 1. The van der Waals surface area contributed by atoms with Crippen molar-refractivity contribution in [2.75, 3.05) is 6.54 Å². The molecule has 0 saturated carbocycles. The first-order valence-electron chi connectivity index (χ1n) is 6.84. The zero-order valence-corrected chi connectivity index (χ0v) is 12.7. The number of nitrogens with zero attached hydrogens (tertiary/aromatic N) is 1. The Morgan fingerprint density at radius 3 is 2.62 bits per heavy atom. The van der Waals surface area contributed by atoms with Crippen LogP contribution in [0.4, 0.5) is 0 Å². The lowest BCUT2D eigenvalue weighted by atomic mass is 10.1. The number of hydrogen-bond donors (Lipinski definition) is 3. The summed E-state index contributed by atoms with van der Waals surface area (Å²) in [6.45, 7) is 2.88. The van der Waals surface area contributed by atoms with E-state index in [1.165, 1.54) is 5.56 Å². The average molecular weight is 307 g/mol. The quantitative estimate of drug-likeness (QED) is 0.718. The number of aryl methyl sites for hydroxylation is 1. The van der Waals surface area contributed by atoms with E-state index in [0.717, 1.165) is 18.0 Å². The van der Waals surface area contributed by atoms with E-state index in [0.29, 0.717) is 23.4 Å². The SMILES string of the molecule is Cc1ncc(CO)c(CNCCc2ccc(Cl)cc2)c1O. The zero-order chi connectivity index (χ0) is 15.2. The van der Waals surface area contributed by atoms with Gasteiger partial charge in [0, 0.05) is 28.9 Å². The van der Waals surface area contributed by atoms with Crippen LogP contribution < -0.4 is 5.32 Å². The Hall–Kier alpha value is -1.62. The summed E-state index contributed by atoms with van der Waals surface area (Å²) < 4.78 is 0. The number of rotatable bonds is 6. The van der Waals surface area contributed by atoms with Crippen LogP contribution >= 0.6 is 11.6 Å². The molecule has 4 nitrogen and oxygen atoms in total. The van der Waals surface area contributed by atoms with Gasteiger partial charge in [0.2, 0.25) is 0 Å². The number of aromatic hydroxyl groups is 1. The van der Waals surface area contributed by atoms with Crippen LogP contribution in [0.2, 0.25) is 5.02 Å². The molecule has 0 aliphatic carbocycles. The molecule has 0 fully saturated rings. The highest BCUT2D eigenvalue weighted by molar-refractivity contribution is 6.30. The molecule has 0 spiro atoms. The van der Waals surface area contributed by atoms with Crippen molar-refractivity contribution in [2.24, 2.45) is 0 Å². The summed E-state index contributed by atoms with van der Waals surface area (Å²) in [5.74, 6) is 0.153. The molecule has 1 heterocycles. The normalized spacial score (nSPS) is 10.8. The Balaban J connectivity index is 1.91. The van der Waals surface area contributed by atoms with E-state index in [9.17, 15) is 10.2 Å². The Labute approximate surface area is 129 Å². The second-order valence-electron chi connectivity index (χ2n) is 4.91. The second kappa shape index (κ2) is 7.41. The smallest absolute Gasteiger partial charge is 0.141 e. The van der Waals surface area contributed by atoms with Gasteiger partial charge >= 0.3 is 0 Å². The number of nitrogens with one attached hydrogen (secondary N) is 1. The van der Waals surface area contributed by atoms with Gasteiger partial charge in [-0.1, -0.05) is 23.7 Å². The third-order valence-corrected chi connectivity index (χ3v) is 3.66. The fourth-order valence-corrected chi connectivity index (χ4v) is 2.24. The summed E-state index contributed by atoms with van der Waals surface area (Å²) in [6, 6.07) is 7.74. The molecule has 1 aromatic heterocycles. The van der Waals surface area contributed by atoms with Crippen molar-refractivity contribution in [2.45, 2.75) is 26.5 Å². The minimum absolute atomic E-state index is 0.130. The Morgan fingerprint density at radius 2 is 1.95 bits per heavy atom. The van der Waals surface area contributed by atoms with Crippen molar-refractivity contribution < 1.29 is 10.2 Å². The van der Waals surface area contributed by atoms with Crippen LogP contribution in [-0.2, 0) is 19.6 Å². The van der Waals surface area contributed by atoms with Crippen LogP contribution in [0.3, 0.4) is 0 Å². The van der Waals surface area contributed by atoms with Crippen LogP contribution in [0.5, 0.6) is 5.75 Å². The standard InChI is InChI=1S/C16H19ClN2O2/c1-11-16(21)15(13(10-20)8-19-11)9-18-7-6-12-2-4-14(17)5-3-12/h2-5,8,18,20-21H,6-7,9-10H2,1H3. The number of pyridine rings is 1. The Kier molecular flexibility index (Phi) is 5.56. The highest BCUT2D eigenvalue weighted by Gasteiger charge is 2.10. The third-order valence-electron chi connectivity index (χ3n) is 3.41. The summed E-state index contributed by atoms with van der Waals surface area (Å²) in [7, 11) is 0. The van der Waals surface area contributed by atoms with Gasteiger partial charge in [-0.25, -0.2) is 0 Å². The van der Waals surface area contributed by atoms with E-state index >= 15 is 0 Å². The molecule has 2 rings (SSSR count). The maximum Gasteiger partial charge on any atom is 0.141 e. The second-order valence-corrected chi connectivity index (χ2v) is 5.34. The van der Waals surface area contributed by atoms with Gasteiger partial charge in [-0.2, -0.15) is 0 Å². The maximum absolute atomic E-state index is 10.0. The fraction of sp³-hybridized carbons (Fsp3) is 0.312. The lowest BCUT2D eigenvalue weighted by Gasteiger charge is -2.12. The lowest BCUT2D eigenvalue weighted by molar-refractivity contribution is 0.278. The molecular formula is C16H19ClN2O2. The number of hydrogen-bond acceptors (Lipinski definition) is 4. The molecule has 21 heavy (non-hydrogen) atoms. The monoisotopic (exact) mass is 306 g/mol. The van der Waals surface area contributed by atoms with Crippen molar-refractivity contribution in [1.82, 2.24) is 10.3 Å². The summed E-state index contributed by atoms with van der Waals surface area (Å²) in [5.41, 5.74) is 3.13. The number of halogens is 1. The van der Waals surface area contributed by atoms with Crippen LogP contribution in [-0.4, -0.2) is 21.7 Å². The van der Waals surface area contributed by atoms with Gasteiger partial charge in [0.1, 0.15) is 5.75 Å². The first kappa shape index (κ1) is 15.8. The molecule has 5 heteroatoms. The molecule has 1 aromatic carbocycles. The first-order chi connectivity index (χ1) is 10.1. The van der Waals surface area contributed by atoms with Gasteiger partial charge in [-0.05, 0) is 37.6 Å². The summed E-state index contributed by atoms with van der Waals surface area (Å²) in [6.07, 6.45) is 2.47. The van der Waals surface area contributed by atoms with Gasteiger partial charge in [0.25, 0.3) is 0 Å². The minimum Gasteiger partial charge on any atom is -0.506 e. The van der Waals surface area contributed by atoms with E-state index in [2.05, 4.69) is 10.3 Å². The lowest BCUT2D eigenvalue weighted by Crippen LogP contribution is -2.18. The van der Waals surface area contributed by atoms with Crippen molar-refractivity contribution in [1.29, 1.82) is 0 Å². The molecule has 0 radical (unpaired) electrons. The molecule has 112 valence electrons. The summed E-state index contributed by atoms with van der Waals surface area (Å²) in [4.78, 5) is 4.04. The average Bonchev–Trinajstić information content (AvgIpc) is 2.49. The van der Waals surface area contributed by atoms with Crippen LogP contribution in [0, 0.1) is 6.92 Å². The highest BCUT2D eigenvalue weighted by atomic mass is 35.5. The number of aliphatic hydroxyl groups excluding tert-OH is 1. The summed E-state index contributed by atoms with van der Waals surface area (Å²) >= 11 is 5.85. The van der Waals surface area contributed by atoms with Crippen LogP contribution in [0.15, 0.2) is 30.5 Å². The van der Waals surface area contributed by atoms with Gasteiger partial charge in [0.15, 0.2) is 0 Å². The molecule has 0 aliphatic rings. The topological polar surface area (TPSA) is 65.4 Å². The molecule has 0 amide bonds. The largest absolute Gasteiger partial charge is 0.506 e. The first-order valence-corrected chi connectivity index (χ1v) is 7.22. The predicted molar refractivity (Wildman–Crippen MR) is 83.4 cm³/mol. The molecule has 0 unspecified atom stereocenters. The van der Waals surface area contributed by atoms with E-state index in [4.69, 9.17) is 11.6 Å². The minimum atomic E-state index is -0.130. The molecule has 0 aliphatic heterocycles. The highest BCUT2D eigenvalue weighted by Crippen LogP contribution is 2.23. The number of aliphatic hydroxyl groups is 1. The van der Waals surface area contributed by atoms with E-state index < -0.39 is 0 Å². The molecule has 0 bridgehead atoms. The van der Waals surface area contributed by atoms with Crippen LogP contribution in [0.25, 0.3) is 0 Å². The van der Waals surface area contributed by atoms with Crippen molar-refractivity contribution in [3.05, 3.63) is 57.9 Å². The van der Waals surface area contributed by atoms with Crippen molar-refractivity contribution in [3.63, 3.8) is 0 Å². The molecular weight excluding hydrogens is 288 g/mol. The van der Waals surface area contributed by atoms with Crippen LogP contribution in [0.1, 0.15) is 22.4 Å². The molecule has 3 N–H and O–H groups in total. The maximum atomic E-state index is 10.0. The van der Waals surface area contributed by atoms with E-state index in [-0.39, 0.29) is 12.4 Å². The number of benzene rings is 1. The van der Waals surface area contributed by atoms with Gasteiger partial charge < -0.3 is 15.5 Å². The summed E-state index contributed by atoms with van der Waals surface area (Å²) in [5, 5.41) is 23.3. The Morgan fingerprint density at radius 1 is 1.24 bits per heavy atom. The van der Waals surface area contributed by atoms with Crippen molar-refractivity contribution in [3.8, 4) is 5.75 Å². The fourth-order valence-electron chi connectivity index (χ4n) is 2.11. The zero-order valence-electron chi connectivity index (χ0n) is 11.9. The van der Waals surface area contributed by atoms with E-state index in [1.54, 1.807) is 13.1 Å². The predicted octanol–water partition coefficient (Wildman–Crippen LogP) is 2.57. The third kappa shape index (κ3) is 4.17. The molecule has 2 aromatic rings. The van der Waals surface area contributed by atoms with Crippen molar-refractivity contribution >= 4 is 11.6 Å². The van der Waals surface area contributed by atoms with Gasteiger partial charge in [-0.3, -0.25) is 4.98 Å².